The lowest BCUT2D eigenvalue weighted by atomic mass is 10.0. The van der Waals surface area contributed by atoms with Gasteiger partial charge >= 0.3 is 5.97 Å². The first-order valence-electron chi connectivity index (χ1n) is 9.47. The van der Waals surface area contributed by atoms with Crippen molar-refractivity contribution in [3.05, 3.63) is 82.7 Å². The topological polar surface area (TPSA) is 54.4 Å². The second kappa shape index (κ2) is 12.9. The Morgan fingerprint density at radius 1 is 0.967 bits per heavy atom. The molecule has 3 rings (SSSR count). The molecule has 0 aliphatic heterocycles. The molecule has 0 saturated carbocycles. The van der Waals surface area contributed by atoms with Crippen LogP contribution in [0.25, 0.3) is 0 Å². The van der Waals surface area contributed by atoms with E-state index in [-0.39, 0.29) is 12.0 Å². The average Bonchev–Trinajstić information content (AvgIpc) is 2.73. The first-order chi connectivity index (χ1) is 14.2. The van der Waals surface area contributed by atoms with Gasteiger partial charge in [0.25, 0.3) is 0 Å². The van der Waals surface area contributed by atoms with Gasteiger partial charge in [0.15, 0.2) is 5.78 Å². The number of Topliss-reactive ketones (excluding diaryl/α,β-unsaturated/α-hetero) is 1. The summed E-state index contributed by atoms with van der Waals surface area (Å²) in [5.74, 6) is -2.72. The van der Waals surface area contributed by atoms with E-state index in [1.807, 2.05) is 38.2 Å². The summed E-state index contributed by atoms with van der Waals surface area (Å²) in [5.41, 5.74) is 1.85. The maximum atomic E-state index is 13.4. The monoisotopic (exact) mass is 444 g/mol. The second-order valence-corrected chi connectivity index (χ2v) is 7.54. The molecule has 0 heterocycles. The minimum Gasteiger partial charge on any atom is -0.478 e. The summed E-state index contributed by atoms with van der Waals surface area (Å²) in [6.07, 6.45) is 14.4. The molecular weight excluding hydrogens is 419 g/mol. The summed E-state index contributed by atoms with van der Waals surface area (Å²) in [6.45, 7) is 5.69. The smallest absolute Gasteiger partial charge is 0.338 e. The highest BCUT2D eigenvalue weighted by atomic mass is 32.1. The fraction of sp³-hybridized carbons (Fsp3) is 0.250. The van der Waals surface area contributed by atoms with Gasteiger partial charge in [-0.1, -0.05) is 73.9 Å². The number of benzene rings is 1. The van der Waals surface area contributed by atoms with Crippen LogP contribution >= 0.6 is 24.4 Å². The molecule has 0 bridgehead atoms. The van der Waals surface area contributed by atoms with Gasteiger partial charge in [0.2, 0.25) is 0 Å². The molecule has 0 atom stereocenters. The Morgan fingerprint density at radius 3 is 1.77 bits per heavy atom. The number of hydrogen-bond acceptors (Lipinski definition) is 4. The highest BCUT2D eigenvalue weighted by molar-refractivity contribution is 7.81. The second-order valence-electron chi connectivity index (χ2n) is 6.56. The SMILES string of the molecule is CC1=CC=CCC1=S.CC1=CC=CCC1=S.CCC(=O)c1cccc(C(=O)O)c1F. The molecule has 0 saturated heterocycles. The van der Waals surface area contributed by atoms with E-state index in [0.29, 0.717) is 0 Å². The summed E-state index contributed by atoms with van der Waals surface area (Å²) in [5, 5.41) is 8.59. The zero-order valence-corrected chi connectivity index (χ0v) is 18.9. The highest BCUT2D eigenvalue weighted by Gasteiger charge is 2.17. The third kappa shape index (κ3) is 8.05. The van der Waals surface area contributed by atoms with Crippen molar-refractivity contribution in [3.8, 4) is 0 Å². The number of allylic oxidation sites excluding steroid dienone is 8. The Kier molecular flexibility index (Phi) is 10.9. The van der Waals surface area contributed by atoms with E-state index in [9.17, 15) is 14.0 Å². The number of carboxylic acid groups (broad SMARTS) is 1. The van der Waals surface area contributed by atoms with Gasteiger partial charge in [0.1, 0.15) is 5.82 Å². The lowest BCUT2D eigenvalue weighted by Gasteiger charge is -2.02. The maximum absolute atomic E-state index is 13.4. The van der Waals surface area contributed by atoms with Crippen LogP contribution in [0.1, 0.15) is 60.7 Å². The minimum absolute atomic E-state index is 0.153. The number of carbonyl (C=O) groups is 2. The number of carbonyl (C=O) groups excluding carboxylic acids is 1. The number of rotatable bonds is 3. The van der Waals surface area contributed by atoms with E-state index in [1.165, 1.54) is 23.3 Å². The van der Waals surface area contributed by atoms with Gasteiger partial charge in [-0.2, -0.15) is 0 Å². The number of halogens is 1. The minimum atomic E-state index is -1.37. The standard InChI is InChI=1S/C10H9FO3.2C7H8S/c1-2-8(12)6-4-3-5-7(9(6)11)10(13)14;2*1-6-4-2-3-5-7(6)8/h3-5H,2H2,1H3,(H,13,14);2*2-4H,5H2,1H3. The maximum Gasteiger partial charge on any atom is 0.338 e. The Labute approximate surface area is 187 Å². The highest BCUT2D eigenvalue weighted by Crippen LogP contribution is 2.14. The van der Waals surface area contributed by atoms with Crippen LogP contribution in [-0.2, 0) is 0 Å². The molecule has 0 aromatic heterocycles. The lowest BCUT2D eigenvalue weighted by Crippen LogP contribution is -2.07. The summed E-state index contributed by atoms with van der Waals surface area (Å²) < 4.78 is 13.4. The molecule has 1 aromatic rings. The van der Waals surface area contributed by atoms with Gasteiger partial charge in [-0.3, -0.25) is 4.79 Å². The van der Waals surface area contributed by atoms with Gasteiger partial charge in [0, 0.05) is 29.0 Å². The molecule has 158 valence electrons. The molecule has 0 fully saturated rings. The zero-order chi connectivity index (χ0) is 22.7. The Morgan fingerprint density at radius 2 is 1.43 bits per heavy atom. The van der Waals surface area contributed by atoms with Gasteiger partial charge in [0.05, 0.1) is 11.1 Å². The van der Waals surface area contributed by atoms with Crippen molar-refractivity contribution in [2.75, 3.05) is 0 Å². The molecule has 1 N–H and O–H groups in total. The van der Waals surface area contributed by atoms with Crippen LogP contribution in [0.2, 0.25) is 0 Å². The lowest BCUT2D eigenvalue weighted by molar-refractivity contribution is 0.0692. The Balaban J connectivity index is 0.000000240. The van der Waals surface area contributed by atoms with Gasteiger partial charge in [-0.15, -0.1) is 0 Å². The summed E-state index contributed by atoms with van der Waals surface area (Å²) in [4.78, 5) is 23.9. The number of aromatic carboxylic acids is 1. The van der Waals surface area contributed by atoms with Crippen LogP contribution in [0.15, 0.2) is 65.8 Å². The van der Waals surface area contributed by atoms with Crippen molar-refractivity contribution in [1.82, 2.24) is 0 Å². The van der Waals surface area contributed by atoms with Crippen molar-refractivity contribution in [2.45, 2.75) is 40.0 Å². The number of thiocarbonyl (C=S) groups is 2. The van der Waals surface area contributed by atoms with E-state index in [1.54, 1.807) is 6.92 Å². The van der Waals surface area contributed by atoms with Gasteiger partial charge in [-0.05, 0) is 37.1 Å². The van der Waals surface area contributed by atoms with Gasteiger partial charge < -0.3 is 5.11 Å². The van der Waals surface area contributed by atoms with Crippen LogP contribution in [0.5, 0.6) is 0 Å². The normalized spacial score (nSPS) is 14.5. The fourth-order valence-electron chi connectivity index (χ4n) is 2.39. The summed E-state index contributed by atoms with van der Waals surface area (Å²) >= 11 is 10.0. The van der Waals surface area contributed by atoms with Crippen LogP contribution in [0.4, 0.5) is 4.39 Å². The third-order valence-corrected chi connectivity index (χ3v) is 5.28. The molecule has 0 amide bonds. The van der Waals surface area contributed by atoms with Crippen molar-refractivity contribution < 1.29 is 19.1 Å². The van der Waals surface area contributed by atoms with E-state index in [4.69, 9.17) is 29.5 Å². The molecule has 2 aliphatic rings. The first kappa shape index (κ1) is 25.5. The van der Waals surface area contributed by atoms with E-state index in [2.05, 4.69) is 12.2 Å². The molecule has 2 aliphatic carbocycles. The third-order valence-electron chi connectivity index (χ3n) is 4.30. The Bertz CT molecular complexity index is 913. The van der Waals surface area contributed by atoms with Crippen molar-refractivity contribution >= 4 is 45.9 Å². The van der Waals surface area contributed by atoms with E-state index in [0.717, 1.165) is 28.6 Å². The predicted molar refractivity (Wildman–Crippen MR) is 128 cm³/mol. The quantitative estimate of drug-likeness (QED) is 0.418. The van der Waals surface area contributed by atoms with E-state index >= 15 is 0 Å². The zero-order valence-electron chi connectivity index (χ0n) is 17.3. The van der Waals surface area contributed by atoms with Crippen molar-refractivity contribution in [2.24, 2.45) is 0 Å². The molecule has 0 unspecified atom stereocenters. The molecule has 6 heteroatoms. The molecule has 0 radical (unpaired) electrons. The number of ketones is 1. The first-order valence-corrected chi connectivity index (χ1v) is 10.3. The van der Waals surface area contributed by atoms with Crippen LogP contribution in [0.3, 0.4) is 0 Å². The molecule has 1 aromatic carbocycles. The van der Waals surface area contributed by atoms with E-state index < -0.39 is 23.1 Å². The molecule has 0 spiro atoms. The number of carboxylic acids is 1. The predicted octanol–water partition coefficient (Wildman–Crippen LogP) is 6.64. The molecule has 3 nitrogen and oxygen atoms in total. The largest absolute Gasteiger partial charge is 0.478 e. The van der Waals surface area contributed by atoms with Crippen LogP contribution in [-0.4, -0.2) is 26.6 Å². The Hall–Kier alpha value is -2.57. The molecule has 30 heavy (non-hydrogen) atoms. The summed E-state index contributed by atoms with van der Waals surface area (Å²) in [6, 6.07) is 3.77. The van der Waals surface area contributed by atoms with Crippen LogP contribution in [0, 0.1) is 5.82 Å². The average molecular weight is 445 g/mol. The summed E-state index contributed by atoms with van der Waals surface area (Å²) in [7, 11) is 0. The van der Waals surface area contributed by atoms with Crippen LogP contribution < -0.4 is 0 Å². The fourth-order valence-corrected chi connectivity index (χ4v) is 2.71. The van der Waals surface area contributed by atoms with Crippen molar-refractivity contribution in [1.29, 1.82) is 0 Å². The van der Waals surface area contributed by atoms with Crippen molar-refractivity contribution in [3.63, 3.8) is 0 Å². The van der Waals surface area contributed by atoms with Gasteiger partial charge in [-0.25, -0.2) is 9.18 Å². The molecular formula is C24H25FO3S2. The number of hydrogen-bond donors (Lipinski definition) is 1.